The predicted octanol–water partition coefficient (Wildman–Crippen LogP) is 3.33. The Morgan fingerprint density at radius 3 is 2.39 bits per heavy atom. The molecule has 3 aromatic rings. The third-order valence-corrected chi connectivity index (χ3v) is 7.98. The minimum absolute atomic E-state index is 0.0776. The number of rotatable bonds is 8. The van der Waals surface area contributed by atoms with E-state index in [-0.39, 0.29) is 31.0 Å². The van der Waals surface area contributed by atoms with Crippen LogP contribution in [-0.4, -0.2) is 80.6 Å². The van der Waals surface area contributed by atoms with Crippen molar-refractivity contribution in [3.05, 3.63) is 82.9 Å². The van der Waals surface area contributed by atoms with Crippen molar-refractivity contribution >= 4 is 23.4 Å². The van der Waals surface area contributed by atoms with Crippen LogP contribution in [0.4, 0.5) is 5.69 Å². The van der Waals surface area contributed by atoms with Crippen molar-refractivity contribution in [3.8, 4) is 16.9 Å². The van der Waals surface area contributed by atoms with Crippen LogP contribution < -0.4 is 15.4 Å². The van der Waals surface area contributed by atoms with Crippen LogP contribution in [0.25, 0.3) is 11.1 Å². The Morgan fingerprint density at radius 1 is 0.976 bits per heavy atom. The number of benzene rings is 3. The van der Waals surface area contributed by atoms with Crippen molar-refractivity contribution in [2.45, 2.75) is 19.9 Å². The summed E-state index contributed by atoms with van der Waals surface area (Å²) in [7, 11) is 1.80. The second-order valence-corrected chi connectivity index (χ2v) is 10.7. The summed E-state index contributed by atoms with van der Waals surface area (Å²) < 4.78 is 11.2. The Balaban J connectivity index is 1.40. The van der Waals surface area contributed by atoms with Gasteiger partial charge in [-0.2, -0.15) is 0 Å². The maximum Gasteiger partial charge on any atom is 0.265 e. The van der Waals surface area contributed by atoms with E-state index in [2.05, 4.69) is 4.90 Å². The maximum atomic E-state index is 13.8. The molecule has 3 aromatic carbocycles. The smallest absolute Gasteiger partial charge is 0.265 e. The largest absolute Gasteiger partial charge is 0.482 e. The van der Waals surface area contributed by atoms with Gasteiger partial charge in [-0.1, -0.05) is 36.4 Å². The Kier molecular flexibility index (Phi) is 8.37. The average molecular weight is 557 g/mol. The van der Waals surface area contributed by atoms with E-state index in [4.69, 9.17) is 15.2 Å². The van der Waals surface area contributed by atoms with E-state index < -0.39 is 5.91 Å². The van der Waals surface area contributed by atoms with Gasteiger partial charge in [0.05, 0.1) is 24.9 Å². The number of nitrogens with two attached hydrogens (primary N) is 1. The zero-order valence-corrected chi connectivity index (χ0v) is 23.8. The zero-order valence-electron chi connectivity index (χ0n) is 23.8. The molecular weight excluding hydrogens is 520 g/mol. The highest BCUT2D eigenvalue weighted by Crippen LogP contribution is 2.35. The molecule has 1 fully saturated rings. The summed E-state index contributed by atoms with van der Waals surface area (Å²) in [5, 5.41) is 0. The highest BCUT2D eigenvalue weighted by Gasteiger charge is 2.31. The molecule has 9 heteroatoms. The Hall–Kier alpha value is -4.21. The number of carbonyl (C=O) groups excluding carboxylic acids is 3. The van der Waals surface area contributed by atoms with Crippen LogP contribution in [-0.2, 0) is 14.3 Å². The normalized spacial score (nSPS) is 16.1. The molecule has 1 saturated heterocycles. The molecule has 1 unspecified atom stereocenters. The summed E-state index contributed by atoms with van der Waals surface area (Å²) in [5.41, 5.74) is 11.4. The van der Waals surface area contributed by atoms with Crippen molar-refractivity contribution in [2.24, 2.45) is 5.73 Å². The number of fused-ring (bicyclic) bond motifs is 1. The molecule has 2 N–H and O–H groups in total. The summed E-state index contributed by atoms with van der Waals surface area (Å²) in [6, 6.07) is 18.8. The van der Waals surface area contributed by atoms with Crippen molar-refractivity contribution in [1.29, 1.82) is 0 Å². The van der Waals surface area contributed by atoms with Crippen LogP contribution in [0.1, 0.15) is 33.1 Å². The standard InChI is InChI=1S/C32H36N4O5/c1-21-15-27-29(16-22(21)2)41-20-31(38)36(27)19-30(37)34(3)28(18-35-11-13-40-14-12-35)24-9-7-23(8-10-24)25-5-4-6-26(17-25)32(33)39/h4-10,15-17,28H,11-14,18-20H2,1-3H3,(H2,33,39). The van der Waals surface area contributed by atoms with Crippen LogP contribution in [0.2, 0.25) is 0 Å². The molecule has 0 radical (unpaired) electrons. The number of morpholine rings is 1. The fourth-order valence-corrected chi connectivity index (χ4v) is 5.28. The van der Waals surface area contributed by atoms with Crippen LogP contribution in [0.3, 0.4) is 0 Å². The summed E-state index contributed by atoms with van der Waals surface area (Å²) in [6.45, 7) is 7.30. The molecule has 0 bridgehead atoms. The lowest BCUT2D eigenvalue weighted by Crippen LogP contribution is -2.48. The number of hydrogen-bond donors (Lipinski definition) is 1. The molecule has 41 heavy (non-hydrogen) atoms. The molecule has 5 rings (SSSR count). The minimum atomic E-state index is -0.471. The molecule has 0 saturated carbocycles. The number of likely N-dealkylation sites (N-methyl/N-ethyl adjacent to an activating group) is 1. The Bertz CT molecular complexity index is 1450. The van der Waals surface area contributed by atoms with Gasteiger partial charge in [0, 0.05) is 32.2 Å². The molecule has 214 valence electrons. The molecule has 9 nitrogen and oxygen atoms in total. The van der Waals surface area contributed by atoms with E-state index in [0.717, 1.165) is 40.9 Å². The zero-order chi connectivity index (χ0) is 29.1. The number of primary amides is 1. The maximum absolute atomic E-state index is 13.8. The average Bonchev–Trinajstić information content (AvgIpc) is 2.98. The van der Waals surface area contributed by atoms with Gasteiger partial charge in [0.1, 0.15) is 12.3 Å². The SMILES string of the molecule is Cc1cc2c(cc1C)N(CC(=O)N(C)C(CN1CCOCC1)c1ccc(-c3cccc(C(N)=O)c3)cc1)C(=O)CO2. The first-order valence-electron chi connectivity index (χ1n) is 13.8. The minimum Gasteiger partial charge on any atom is -0.482 e. The quantitative estimate of drug-likeness (QED) is 0.457. The highest BCUT2D eigenvalue weighted by molar-refractivity contribution is 6.02. The fourth-order valence-electron chi connectivity index (χ4n) is 5.28. The lowest BCUT2D eigenvalue weighted by Gasteiger charge is -2.37. The first kappa shape index (κ1) is 28.3. The van der Waals surface area contributed by atoms with Gasteiger partial charge in [-0.3, -0.25) is 24.2 Å². The van der Waals surface area contributed by atoms with E-state index in [0.29, 0.717) is 36.8 Å². The lowest BCUT2D eigenvalue weighted by atomic mass is 9.98. The summed E-state index contributed by atoms with van der Waals surface area (Å²) in [6.07, 6.45) is 0. The third-order valence-electron chi connectivity index (χ3n) is 7.98. The van der Waals surface area contributed by atoms with E-state index in [9.17, 15) is 14.4 Å². The van der Waals surface area contributed by atoms with Gasteiger partial charge in [-0.15, -0.1) is 0 Å². The van der Waals surface area contributed by atoms with Gasteiger partial charge < -0.3 is 20.1 Å². The van der Waals surface area contributed by atoms with Crippen molar-refractivity contribution in [2.75, 3.05) is 57.9 Å². The van der Waals surface area contributed by atoms with Crippen LogP contribution >= 0.6 is 0 Å². The van der Waals surface area contributed by atoms with E-state index in [1.54, 1.807) is 24.1 Å². The number of anilines is 1. The number of aryl methyl sites for hydroxylation is 2. The highest BCUT2D eigenvalue weighted by atomic mass is 16.5. The molecule has 2 aliphatic rings. The summed E-state index contributed by atoms with van der Waals surface area (Å²) in [5.74, 6) is -0.263. The molecular formula is C32H36N4O5. The summed E-state index contributed by atoms with van der Waals surface area (Å²) >= 11 is 0. The lowest BCUT2D eigenvalue weighted by molar-refractivity contribution is -0.133. The van der Waals surface area contributed by atoms with Crippen molar-refractivity contribution < 1.29 is 23.9 Å². The molecule has 0 aliphatic carbocycles. The number of carbonyl (C=O) groups is 3. The molecule has 2 aliphatic heterocycles. The molecule has 0 spiro atoms. The second kappa shape index (κ2) is 12.1. The second-order valence-electron chi connectivity index (χ2n) is 10.7. The van der Waals surface area contributed by atoms with Crippen LogP contribution in [0.15, 0.2) is 60.7 Å². The predicted molar refractivity (Wildman–Crippen MR) is 157 cm³/mol. The fraction of sp³-hybridized carbons (Fsp3) is 0.344. The van der Waals surface area contributed by atoms with Gasteiger partial charge in [-0.25, -0.2) is 0 Å². The monoisotopic (exact) mass is 556 g/mol. The van der Waals surface area contributed by atoms with Crippen molar-refractivity contribution in [3.63, 3.8) is 0 Å². The van der Waals surface area contributed by atoms with Gasteiger partial charge >= 0.3 is 0 Å². The number of ether oxygens (including phenoxy) is 2. The van der Waals surface area contributed by atoms with Crippen LogP contribution in [0, 0.1) is 13.8 Å². The van der Waals surface area contributed by atoms with E-state index in [1.165, 1.54) is 4.90 Å². The van der Waals surface area contributed by atoms with Gasteiger partial charge in [-0.05, 0) is 65.9 Å². The Labute approximate surface area is 240 Å². The van der Waals surface area contributed by atoms with E-state index >= 15 is 0 Å². The molecule has 1 atom stereocenters. The topological polar surface area (TPSA) is 105 Å². The first-order valence-corrected chi connectivity index (χ1v) is 13.8. The van der Waals surface area contributed by atoms with Gasteiger partial charge in [0.25, 0.3) is 5.91 Å². The number of amides is 3. The first-order chi connectivity index (χ1) is 19.7. The number of hydrogen-bond acceptors (Lipinski definition) is 6. The summed E-state index contributed by atoms with van der Waals surface area (Å²) in [4.78, 5) is 43.9. The molecule has 0 aromatic heterocycles. The van der Waals surface area contributed by atoms with E-state index in [1.807, 2.05) is 62.4 Å². The van der Waals surface area contributed by atoms with Crippen molar-refractivity contribution in [1.82, 2.24) is 9.80 Å². The third kappa shape index (κ3) is 6.26. The van der Waals surface area contributed by atoms with Crippen LogP contribution in [0.5, 0.6) is 5.75 Å². The van der Waals surface area contributed by atoms with Gasteiger partial charge in [0.2, 0.25) is 11.8 Å². The van der Waals surface area contributed by atoms with Gasteiger partial charge in [0.15, 0.2) is 6.61 Å². The Morgan fingerprint density at radius 2 is 1.68 bits per heavy atom. The number of nitrogens with zero attached hydrogens (tertiary/aromatic N) is 3. The molecule has 3 amide bonds. The molecule has 2 heterocycles.